The zero-order valence-corrected chi connectivity index (χ0v) is 13.4. The predicted molar refractivity (Wildman–Crippen MR) is 83.8 cm³/mol. The molecule has 1 fully saturated rings. The molecule has 2 atom stereocenters. The number of hydrogen-bond donors (Lipinski definition) is 2. The van der Waals surface area contributed by atoms with Crippen LogP contribution in [0.2, 0.25) is 0 Å². The number of aromatic nitrogens is 2. The lowest BCUT2D eigenvalue weighted by Gasteiger charge is -2.24. The van der Waals surface area contributed by atoms with E-state index in [2.05, 4.69) is 10.3 Å². The van der Waals surface area contributed by atoms with E-state index in [4.69, 9.17) is 0 Å². The number of carbonyl (C=O) groups is 1. The molecule has 0 aromatic carbocycles. The number of rotatable bonds is 6. The van der Waals surface area contributed by atoms with Crippen LogP contribution in [0.3, 0.4) is 0 Å². The van der Waals surface area contributed by atoms with Crippen molar-refractivity contribution in [2.75, 3.05) is 6.61 Å². The van der Waals surface area contributed by atoms with Gasteiger partial charge in [-0.15, -0.1) is 0 Å². The second-order valence-electron chi connectivity index (χ2n) is 6.10. The van der Waals surface area contributed by atoms with Gasteiger partial charge in [-0.2, -0.15) is 0 Å². The molecule has 0 radical (unpaired) electrons. The maximum absolute atomic E-state index is 12.1. The smallest absolute Gasteiger partial charge is 0.381 e. The molecule has 0 saturated heterocycles. The first kappa shape index (κ1) is 17.4. The number of aliphatic hydroxyl groups excluding tert-OH is 1. The van der Waals surface area contributed by atoms with Crippen molar-refractivity contribution in [3.05, 3.63) is 22.1 Å². The van der Waals surface area contributed by atoms with E-state index in [-0.39, 0.29) is 36.7 Å². The minimum atomic E-state index is -0.541. The van der Waals surface area contributed by atoms with E-state index in [0.717, 1.165) is 32.1 Å². The van der Waals surface area contributed by atoms with Crippen LogP contribution in [0.15, 0.2) is 6.20 Å². The fraction of sp³-hybridized carbons (Fsp3) is 0.733. The second-order valence-corrected chi connectivity index (χ2v) is 6.10. The molecule has 8 heteroatoms. The van der Waals surface area contributed by atoms with E-state index < -0.39 is 4.92 Å². The molecule has 1 aromatic rings. The van der Waals surface area contributed by atoms with Gasteiger partial charge in [0.1, 0.15) is 6.20 Å². The molecule has 1 aliphatic rings. The SMILES string of the molecule is Cc1nc([N+](=O)[O-])cn1CCC(=O)NC1CCCCCC1CO. The van der Waals surface area contributed by atoms with Gasteiger partial charge in [0, 0.05) is 38.5 Å². The van der Waals surface area contributed by atoms with Crippen LogP contribution >= 0.6 is 0 Å². The van der Waals surface area contributed by atoms with E-state index in [9.17, 15) is 20.0 Å². The number of aryl methyl sites for hydroxylation is 2. The van der Waals surface area contributed by atoms with Gasteiger partial charge in [0.2, 0.25) is 11.7 Å². The van der Waals surface area contributed by atoms with Crippen LogP contribution in [0.4, 0.5) is 5.82 Å². The van der Waals surface area contributed by atoms with Gasteiger partial charge in [0.05, 0.1) is 0 Å². The second kappa shape index (κ2) is 8.05. The Bertz CT molecular complexity index is 558. The summed E-state index contributed by atoms with van der Waals surface area (Å²) in [7, 11) is 0. The molecule has 0 bridgehead atoms. The van der Waals surface area contributed by atoms with Gasteiger partial charge < -0.3 is 25.1 Å². The summed E-state index contributed by atoms with van der Waals surface area (Å²) >= 11 is 0. The van der Waals surface area contributed by atoms with Crippen molar-refractivity contribution in [1.82, 2.24) is 14.9 Å². The summed E-state index contributed by atoms with van der Waals surface area (Å²) in [4.78, 5) is 26.1. The fourth-order valence-corrected chi connectivity index (χ4v) is 3.10. The molecule has 128 valence electrons. The van der Waals surface area contributed by atoms with Crippen LogP contribution < -0.4 is 5.32 Å². The van der Waals surface area contributed by atoms with Gasteiger partial charge in [0.25, 0.3) is 0 Å². The topological polar surface area (TPSA) is 110 Å². The Kier molecular flexibility index (Phi) is 6.09. The molecule has 23 heavy (non-hydrogen) atoms. The maximum atomic E-state index is 12.1. The highest BCUT2D eigenvalue weighted by Gasteiger charge is 2.24. The standard InChI is InChI=1S/C15H24N4O4/c1-11-16-14(19(22)23)9-18(11)8-7-15(21)17-13-6-4-2-3-5-12(13)10-20/h9,12-13,20H,2-8,10H2,1H3,(H,17,21). The van der Waals surface area contributed by atoms with E-state index >= 15 is 0 Å². The largest absolute Gasteiger partial charge is 0.396 e. The predicted octanol–water partition coefficient (Wildman–Crippen LogP) is 1.55. The van der Waals surface area contributed by atoms with Crippen LogP contribution in [0.25, 0.3) is 0 Å². The third-order valence-electron chi connectivity index (χ3n) is 4.47. The minimum Gasteiger partial charge on any atom is -0.396 e. The van der Waals surface area contributed by atoms with Gasteiger partial charge in [-0.25, -0.2) is 0 Å². The highest BCUT2D eigenvalue weighted by atomic mass is 16.6. The van der Waals surface area contributed by atoms with E-state index in [1.807, 2.05) is 0 Å². The number of nitro groups is 1. The van der Waals surface area contributed by atoms with E-state index in [1.54, 1.807) is 11.5 Å². The first-order valence-electron chi connectivity index (χ1n) is 8.09. The molecular formula is C15H24N4O4. The van der Waals surface area contributed by atoms with Gasteiger partial charge in [-0.3, -0.25) is 4.79 Å². The van der Waals surface area contributed by atoms with Gasteiger partial charge in [0.15, 0.2) is 0 Å². The molecule has 0 spiro atoms. The van der Waals surface area contributed by atoms with Crippen molar-refractivity contribution in [3.8, 4) is 0 Å². The van der Waals surface area contributed by atoms with Gasteiger partial charge in [-0.1, -0.05) is 19.3 Å². The molecule has 2 rings (SSSR count). The Hall–Kier alpha value is -1.96. The lowest BCUT2D eigenvalue weighted by atomic mass is 9.95. The molecule has 1 aliphatic carbocycles. The Morgan fingerprint density at radius 2 is 2.22 bits per heavy atom. The van der Waals surface area contributed by atoms with Crippen molar-refractivity contribution in [1.29, 1.82) is 0 Å². The summed E-state index contributed by atoms with van der Waals surface area (Å²) in [6, 6.07) is 0.0215. The maximum Gasteiger partial charge on any atom is 0.381 e. The van der Waals surface area contributed by atoms with Crippen molar-refractivity contribution in [3.63, 3.8) is 0 Å². The van der Waals surface area contributed by atoms with Gasteiger partial charge in [-0.05, 0) is 22.7 Å². The summed E-state index contributed by atoms with van der Waals surface area (Å²) in [6.07, 6.45) is 6.72. The Balaban J connectivity index is 1.88. The Morgan fingerprint density at radius 3 is 2.87 bits per heavy atom. The average molecular weight is 324 g/mol. The number of hydrogen-bond acceptors (Lipinski definition) is 5. The minimum absolute atomic E-state index is 0.0215. The number of imidazole rings is 1. The molecule has 2 unspecified atom stereocenters. The molecule has 1 saturated carbocycles. The van der Waals surface area contributed by atoms with Crippen LogP contribution in [-0.2, 0) is 11.3 Å². The van der Waals surface area contributed by atoms with Crippen molar-refractivity contribution >= 4 is 11.7 Å². The van der Waals surface area contributed by atoms with Crippen LogP contribution in [-0.4, -0.2) is 38.1 Å². The summed E-state index contributed by atoms with van der Waals surface area (Å²) in [5.74, 6) is 0.350. The summed E-state index contributed by atoms with van der Waals surface area (Å²) in [5.41, 5.74) is 0. The number of amides is 1. The molecule has 0 aliphatic heterocycles. The molecular weight excluding hydrogens is 300 g/mol. The van der Waals surface area contributed by atoms with Crippen molar-refractivity contribution < 1.29 is 14.8 Å². The third-order valence-corrected chi connectivity index (χ3v) is 4.47. The first-order chi connectivity index (χ1) is 11.0. The zero-order valence-electron chi connectivity index (χ0n) is 13.4. The average Bonchev–Trinajstić information content (AvgIpc) is 2.75. The molecule has 8 nitrogen and oxygen atoms in total. The van der Waals surface area contributed by atoms with Crippen molar-refractivity contribution in [2.24, 2.45) is 5.92 Å². The number of aliphatic hydroxyl groups is 1. The third kappa shape index (κ3) is 4.75. The first-order valence-corrected chi connectivity index (χ1v) is 8.09. The van der Waals surface area contributed by atoms with Gasteiger partial charge >= 0.3 is 5.82 Å². The van der Waals surface area contributed by atoms with E-state index in [0.29, 0.717) is 12.4 Å². The van der Waals surface area contributed by atoms with Crippen molar-refractivity contribution in [2.45, 2.75) is 58.0 Å². The number of carbonyl (C=O) groups excluding carboxylic acids is 1. The molecule has 2 N–H and O–H groups in total. The van der Waals surface area contributed by atoms with Crippen LogP contribution in [0, 0.1) is 23.0 Å². The summed E-state index contributed by atoms with van der Waals surface area (Å²) in [6.45, 7) is 2.13. The summed E-state index contributed by atoms with van der Waals surface area (Å²) < 4.78 is 1.62. The highest BCUT2D eigenvalue weighted by Crippen LogP contribution is 2.23. The fourth-order valence-electron chi connectivity index (χ4n) is 3.10. The molecule has 1 aromatic heterocycles. The lowest BCUT2D eigenvalue weighted by molar-refractivity contribution is -0.389. The van der Waals surface area contributed by atoms with E-state index in [1.165, 1.54) is 6.20 Å². The monoisotopic (exact) mass is 324 g/mol. The Labute approximate surface area is 135 Å². The lowest BCUT2D eigenvalue weighted by Crippen LogP contribution is -2.41. The zero-order chi connectivity index (χ0) is 16.8. The van der Waals surface area contributed by atoms with Crippen LogP contribution in [0.1, 0.15) is 44.3 Å². The molecule has 1 heterocycles. The normalized spacial score (nSPS) is 21.7. The van der Waals surface area contributed by atoms with Crippen LogP contribution in [0.5, 0.6) is 0 Å². The number of nitrogens with zero attached hydrogens (tertiary/aromatic N) is 3. The molecule has 1 amide bonds. The quantitative estimate of drug-likeness (QED) is 0.468. The highest BCUT2D eigenvalue weighted by molar-refractivity contribution is 5.76. The Morgan fingerprint density at radius 1 is 1.48 bits per heavy atom. The summed E-state index contributed by atoms with van der Waals surface area (Å²) in [5, 5.41) is 23.2. The number of nitrogens with one attached hydrogen (secondary N) is 1.